The van der Waals surface area contributed by atoms with Crippen molar-refractivity contribution in [1.29, 1.82) is 0 Å². The highest BCUT2D eigenvalue weighted by Gasteiger charge is 2.18. The minimum Gasteiger partial charge on any atom is -0.464 e. The molecule has 15 heavy (non-hydrogen) atoms. The molecule has 0 aromatic heterocycles. The molecule has 1 unspecified atom stereocenters. The molecule has 0 bridgehead atoms. The van der Waals surface area contributed by atoms with Gasteiger partial charge in [-0.15, -0.1) is 0 Å². The van der Waals surface area contributed by atoms with Crippen LogP contribution in [0.1, 0.15) is 33.1 Å². The monoisotopic (exact) mass is 233 g/mol. The quantitative estimate of drug-likeness (QED) is 0.394. The van der Waals surface area contributed by atoms with Crippen LogP contribution in [0.3, 0.4) is 0 Å². The third kappa shape index (κ3) is 7.25. The first-order chi connectivity index (χ1) is 7.11. The predicted octanol–water partition coefficient (Wildman–Crippen LogP) is 1.15. The second-order valence-corrected chi connectivity index (χ2v) is 3.68. The largest absolute Gasteiger partial charge is 0.464 e. The molecule has 0 saturated carbocycles. The molecule has 0 heterocycles. The SMILES string of the molecule is CCCCCOC(=O)C(CS)NC(C)=O. The molecule has 1 N–H and O–H groups in total. The summed E-state index contributed by atoms with van der Waals surface area (Å²) in [6.07, 6.45) is 2.99. The van der Waals surface area contributed by atoms with Gasteiger partial charge in [-0.05, 0) is 6.42 Å². The lowest BCUT2D eigenvalue weighted by molar-refractivity contribution is -0.147. The third-order valence-electron chi connectivity index (χ3n) is 1.84. The van der Waals surface area contributed by atoms with E-state index in [-0.39, 0.29) is 11.7 Å². The highest BCUT2D eigenvalue weighted by Crippen LogP contribution is 1.97. The van der Waals surface area contributed by atoms with Crippen molar-refractivity contribution in [2.24, 2.45) is 0 Å². The standard InChI is InChI=1S/C10H19NO3S/c1-3-4-5-6-14-10(13)9(7-15)11-8(2)12/h9,15H,3-7H2,1-2H3,(H,11,12). The van der Waals surface area contributed by atoms with Crippen LogP contribution >= 0.6 is 12.6 Å². The molecular weight excluding hydrogens is 214 g/mol. The van der Waals surface area contributed by atoms with Gasteiger partial charge in [-0.1, -0.05) is 19.8 Å². The van der Waals surface area contributed by atoms with Crippen molar-refractivity contribution in [1.82, 2.24) is 5.32 Å². The van der Waals surface area contributed by atoms with Crippen LogP contribution in [0.4, 0.5) is 0 Å². The number of thiol groups is 1. The Bertz CT molecular complexity index is 209. The van der Waals surface area contributed by atoms with E-state index in [1.165, 1.54) is 6.92 Å². The van der Waals surface area contributed by atoms with Crippen LogP contribution in [-0.4, -0.2) is 30.3 Å². The number of nitrogens with one attached hydrogen (secondary N) is 1. The molecule has 5 heteroatoms. The summed E-state index contributed by atoms with van der Waals surface area (Å²) >= 11 is 3.98. The molecule has 1 atom stereocenters. The first-order valence-electron chi connectivity index (χ1n) is 5.16. The summed E-state index contributed by atoms with van der Waals surface area (Å²) in [4.78, 5) is 22.1. The number of unbranched alkanes of at least 4 members (excludes halogenated alkanes) is 2. The number of esters is 1. The van der Waals surface area contributed by atoms with Gasteiger partial charge in [0, 0.05) is 12.7 Å². The topological polar surface area (TPSA) is 55.4 Å². The van der Waals surface area contributed by atoms with E-state index in [2.05, 4.69) is 24.9 Å². The maximum absolute atomic E-state index is 11.4. The van der Waals surface area contributed by atoms with Crippen molar-refractivity contribution < 1.29 is 14.3 Å². The van der Waals surface area contributed by atoms with Crippen molar-refractivity contribution in [3.63, 3.8) is 0 Å². The van der Waals surface area contributed by atoms with Gasteiger partial charge < -0.3 is 10.1 Å². The molecule has 4 nitrogen and oxygen atoms in total. The lowest BCUT2D eigenvalue weighted by Gasteiger charge is -2.14. The first-order valence-corrected chi connectivity index (χ1v) is 5.79. The van der Waals surface area contributed by atoms with Gasteiger partial charge >= 0.3 is 5.97 Å². The number of rotatable bonds is 7. The minimum atomic E-state index is -0.632. The van der Waals surface area contributed by atoms with E-state index in [0.717, 1.165) is 19.3 Å². The van der Waals surface area contributed by atoms with Gasteiger partial charge in [0.25, 0.3) is 0 Å². The molecule has 0 aromatic carbocycles. The van der Waals surface area contributed by atoms with Gasteiger partial charge in [0.05, 0.1) is 6.61 Å². The van der Waals surface area contributed by atoms with Crippen LogP contribution in [0, 0.1) is 0 Å². The smallest absolute Gasteiger partial charge is 0.329 e. The van der Waals surface area contributed by atoms with E-state index < -0.39 is 12.0 Å². The zero-order valence-corrected chi connectivity index (χ0v) is 10.2. The summed E-state index contributed by atoms with van der Waals surface area (Å²) in [5.41, 5.74) is 0. The number of carbonyl (C=O) groups is 2. The van der Waals surface area contributed by atoms with Gasteiger partial charge in [-0.2, -0.15) is 12.6 Å². The van der Waals surface area contributed by atoms with Crippen LogP contribution in [0.5, 0.6) is 0 Å². The summed E-state index contributed by atoms with van der Waals surface area (Å²) in [5, 5.41) is 2.48. The maximum Gasteiger partial charge on any atom is 0.329 e. The van der Waals surface area contributed by atoms with E-state index in [1.807, 2.05) is 0 Å². The zero-order valence-electron chi connectivity index (χ0n) is 9.28. The Kier molecular flexibility index (Phi) is 8.18. The molecule has 0 radical (unpaired) electrons. The average molecular weight is 233 g/mol. The van der Waals surface area contributed by atoms with Gasteiger partial charge in [0.15, 0.2) is 0 Å². The highest BCUT2D eigenvalue weighted by molar-refractivity contribution is 7.80. The van der Waals surface area contributed by atoms with Crippen LogP contribution in [0.2, 0.25) is 0 Å². The Balaban J connectivity index is 3.78. The Morgan fingerprint density at radius 2 is 2.07 bits per heavy atom. The molecule has 0 aromatic rings. The van der Waals surface area contributed by atoms with E-state index in [0.29, 0.717) is 6.61 Å². The number of carbonyl (C=O) groups excluding carboxylic acids is 2. The van der Waals surface area contributed by atoms with E-state index in [9.17, 15) is 9.59 Å². The highest BCUT2D eigenvalue weighted by atomic mass is 32.1. The maximum atomic E-state index is 11.4. The van der Waals surface area contributed by atoms with Gasteiger partial charge in [-0.3, -0.25) is 4.79 Å². The molecule has 0 aliphatic rings. The Morgan fingerprint density at radius 1 is 1.40 bits per heavy atom. The predicted molar refractivity (Wildman–Crippen MR) is 61.9 cm³/mol. The summed E-state index contributed by atoms with van der Waals surface area (Å²) in [6, 6.07) is -0.632. The molecule has 0 aliphatic carbocycles. The second kappa shape index (κ2) is 8.59. The normalized spacial score (nSPS) is 11.9. The summed E-state index contributed by atoms with van der Waals surface area (Å²) in [6.45, 7) is 3.85. The fourth-order valence-electron chi connectivity index (χ4n) is 1.05. The fourth-order valence-corrected chi connectivity index (χ4v) is 1.29. The third-order valence-corrected chi connectivity index (χ3v) is 2.20. The second-order valence-electron chi connectivity index (χ2n) is 3.31. The average Bonchev–Trinajstić information content (AvgIpc) is 2.20. The fraction of sp³-hybridized carbons (Fsp3) is 0.800. The lowest BCUT2D eigenvalue weighted by Crippen LogP contribution is -2.42. The number of amides is 1. The van der Waals surface area contributed by atoms with E-state index >= 15 is 0 Å². The van der Waals surface area contributed by atoms with Crippen molar-refractivity contribution >= 4 is 24.5 Å². The zero-order chi connectivity index (χ0) is 11.7. The number of ether oxygens (including phenoxy) is 1. The first kappa shape index (κ1) is 14.3. The van der Waals surface area contributed by atoms with Crippen molar-refractivity contribution in [2.75, 3.05) is 12.4 Å². The van der Waals surface area contributed by atoms with E-state index in [4.69, 9.17) is 4.74 Å². The van der Waals surface area contributed by atoms with Crippen LogP contribution < -0.4 is 5.32 Å². The molecule has 88 valence electrons. The number of hydrogen-bond donors (Lipinski definition) is 2. The summed E-state index contributed by atoms with van der Waals surface area (Å²) in [5.74, 6) is -0.400. The minimum absolute atomic E-state index is 0.250. The van der Waals surface area contributed by atoms with Crippen molar-refractivity contribution in [3.05, 3.63) is 0 Å². The molecular formula is C10H19NO3S. The van der Waals surface area contributed by atoms with Crippen molar-refractivity contribution in [2.45, 2.75) is 39.2 Å². The molecule has 1 amide bonds. The Morgan fingerprint density at radius 3 is 2.53 bits per heavy atom. The molecule has 0 spiro atoms. The van der Waals surface area contributed by atoms with E-state index in [1.54, 1.807) is 0 Å². The van der Waals surface area contributed by atoms with Crippen molar-refractivity contribution in [3.8, 4) is 0 Å². The molecule has 0 saturated heterocycles. The van der Waals surface area contributed by atoms with Gasteiger partial charge in [0.2, 0.25) is 5.91 Å². The Hall–Kier alpha value is -0.710. The molecule has 0 aliphatic heterocycles. The lowest BCUT2D eigenvalue weighted by atomic mass is 10.3. The summed E-state index contributed by atoms with van der Waals surface area (Å²) < 4.78 is 5.00. The summed E-state index contributed by atoms with van der Waals surface area (Å²) in [7, 11) is 0. The number of hydrogen-bond acceptors (Lipinski definition) is 4. The van der Waals surface area contributed by atoms with Crippen LogP contribution in [0.15, 0.2) is 0 Å². The van der Waals surface area contributed by atoms with Crippen LogP contribution in [-0.2, 0) is 14.3 Å². The molecule has 0 rings (SSSR count). The Labute approximate surface area is 96.2 Å². The van der Waals surface area contributed by atoms with Gasteiger partial charge in [0.1, 0.15) is 6.04 Å². The van der Waals surface area contributed by atoms with Gasteiger partial charge in [-0.25, -0.2) is 4.79 Å². The van der Waals surface area contributed by atoms with Crippen LogP contribution in [0.25, 0.3) is 0 Å². The molecule has 0 fully saturated rings.